The van der Waals surface area contributed by atoms with E-state index in [0.717, 1.165) is 29.0 Å². The molecule has 2 aromatic carbocycles. The second kappa shape index (κ2) is 8.59. The molecule has 0 spiro atoms. The number of aryl methyl sites for hydroxylation is 1. The SMILES string of the molecule is CCc1cnc(OCc2ccccc2)cc1Oc1cc(Cl)cc(NC)c1. The first-order valence-electron chi connectivity index (χ1n) is 8.49. The van der Waals surface area contributed by atoms with Crippen molar-refractivity contribution in [3.8, 4) is 17.4 Å². The monoisotopic (exact) mass is 368 g/mol. The minimum atomic E-state index is 0.458. The Hall–Kier alpha value is -2.72. The van der Waals surface area contributed by atoms with Crippen LogP contribution in [0.1, 0.15) is 18.1 Å². The van der Waals surface area contributed by atoms with E-state index in [-0.39, 0.29) is 0 Å². The molecule has 0 saturated carbocycles. The molecule has 0 unspecified atom stereocenters. The fourth-order valence-electron chi connectivity index (χ4n) is 2.51. The summed E-state index contributed by atoms with van der Waals surface area (Å²) in [5.41, 5.74) is 2.98. The van der Waals surface area contributed by atoms with Crippen molar-refractivity contribution in [3.05, 3.63) is 76.9 Å². The van der Waals surface area contributed by atoms with Gasteiger partial charge < -0.3 is 14.8 Å². The maximum absolute atomic E-state index is 6.16. The van der Waals surface area contributed by atoms with Crippen molar-refractivity contribution in [1.82, 2.24) is 4.98 Å². The molecule has 0 saturated heterocycles. The van der Waals surface area contributed by atoms with Crippen molar-refractivity contribution < 1.29 is 9.47 Å². The average molecular weight is 369 g/mol. The van der Waals surface area contributed by atoms with Crippen LogP contribution in [0.3, 0.4) is 0 Å². The van der Waals surface area contributed by atoms with Crippen molar-refractivity contribution in [2.45, 2.75) is 20.0 Å². The predicted molar refractivity (Wildman–Crippen MR) is 105 cm³/mol. The minimum absolute atomic E-state index is 0.458. The molecule has 0 atom stereocenters. The van der Waals surface area contributed by atoms with Crippen LogP contribution in [0.2, 0.25) is 5.02 Å². The number of hydrogen-bond donors (Lipinski definition) is 1. The largest absolute Gasteiger partial charge is 0.473 e. The summed E-state index contributed by atoms with van der Waals surface area (Å²) in [5.74, 6) is 1.91. The molecule has 0 amide bonds. The van der Waals surface area contributed by atoms with E-state index in [0.29, 0.717) is 23.3 Å². The van der Waals surface area contributed by atoms with Crippen LogP contribution in [-0.4, -0.2) is 12.0 Å². The summed E-state index contributed by atoms with van der Waals surface area (Å²) in [6, 6.07) is 17.3. The highest BCUT2D eigenvalue weighted by atomic mass is 35.5. The van der Waals surface area contributed by atoms with Gasteiger partial charge in [0.05, 0.1) is 0 Å². The normalized spacial score (nSPS) is 10.4. The van der Waals surface area contributed by atoms with Crippen LogP contribution in [0.25, 0.3) is 0 Å². The van der Waals surface area contributed by atoms with Gasteiger partial charge in [0.15, 0.2) is 0 Å². The minimum Gasteiger partial charge on any atom is -0.473 e. The van der Waals surface area contributed by atoms with Crippen LogP contribution < -0.4 is 14.8 Å². The van der Waals surface area contributed by atoms with E-state index in [1.165, 1.54) is 0 Å². The first kappa shape index (κ1) is 18.1. The first-order chi connectivity index (χ1) is 12.7. The zero-order chi connectivity index (χ0) is 18.4. The number of aromatic nitrogens is 1. The van der Waals surface area contributed by atoms with E-state index < -0.39 is 0 Å². The van der Waals surface area contributed by atoms with Crippen LogP contribution in [0.4, 0.5) is 5.69 Å². The van der Waals surface area contributed by atoms with Crippen LogP contribution in [-0.2, 0) is 13.0 Å². The topological polar surface area (TPSA) is 43.4 Å². The summed E-state index contributed by atoms with van der Waals surface area (Å²) in [4.78, 5) is 4.38. The van der Waals surface area contributed by atoms with Gasteiger partial charge in [0.1, 0.15) is 18.1 Å². The van der Waals surface area contributed by atoms with Crippen molar-refractivity contribution >= 4 is 17.3 Å². The van der Waals surface area contributed by atoms with E-state index in [1.54, 1.807) is 12.3 Å². The molecule has 5 heteroatoms. The van der Waals surface area contributed by atoms with Crippen molar-refractivity contribution in [1.29, 1.82) is 0 Å². The van der Waals surface area contributed by atoms with Gasteiger partial charge in [-0.1, -0.05) is 48.9 Å². The van der Waals surface area contributed by atoms with Gasteiger partial charge in [0.25, 0.3) is 0 Å². The highest BCUT2D eigenvalue weighted by Crippen LogP contribution is 2.32. The van der Waals surface area contributed by atoms with Crippen LogP contribution in [0.15, 0.2) is 60.8 Å². The lowest BCUT2D eigenvalue weighted by molar-refractivity contribution is 0.292. The molecule has 0 aliphatic carbocycles. The Morgan fingerprint density at radius 1 is 1.08 bits per heavy atom. The van der Waals surface area contributed by atoms with Crippen molar-refractivity contribution in [2.24, 2.45) is 0 Å². The summed E-state index contributed by atoms with van der Waals surface area (Å²) < 4.78 is 11.9. The van der Waals surface area contributed by atoms with Crippen molar-refractivity contribution in [3.63, 3.8) is 0 Å². The number of pyridine rings is 1. The Kier molecular flexibility index (Phi) is 5.97. The van der Waals surface area contributed by atoms with Crippen LogP contribution >= 0.6 is 11.6 Å². The van der Waals surface area contributed by atoms with Gasteiger partial charge in [-0.25, -0.2) is 4.98 Å². The Labute approximate surface area is 158 Å². The summed E-state index contributed by atoms with van der Waals surface area (Å²) in [7, 11) is 1.84. The van der Waals surface area contributed by atoms with Crippen LogP contribution in [0, 0.1) is 0 Å². The summed E-state index contributed by atoms with van der Waals surface area (Å²) >= 11 is 6.16. The van der Waals surface area contributed by atoms with E-state index >= 15 is 0 Å². The third-order valence-electron chi connectivity index (χ3n) is 3.92. The molecule has 0 bridgehead atoms. The second-order valence-corrected chi connectivity index (χ2v) is 6.22. The van der Waals surface area contributed by atoms with Gasteiger partial charge in [-0.3, -0.25) is 0 Å². The number of benzene rings is 2. The molecule has 3 rings (SSSR count). The molecular weight excluding hydrogens is 348 g/mol. The predicted octanol–water partition coefficient (Wildman–Crippen LogP) is 5.71. The number of nitrogens with one attached hydrogen (secondary N) is 1. The van der Waals surface area contributed by atoms with Gasteiger partial charge >= 0.3 is 0 Å². The molecule has 0 aliphatic rings. The Morgan fingerprint density at radius 2 is 1.88 bits per heavy atom. The van der Waals surface area contributed by atoms with E-state index in [2.05, 4.69) is 17.2 Å². The smallest absolute Gasteiger partial charge is 0.217 e. The number of anilines is 1. The molecule has 3 aromatic rings. The van der Waals surface area contributed by atoms with Gasteiger partial charge in [0.2, 0.25) is 5.88 Å². The fourth-order valence-corrected chi connectivity index (χ4v) is 2.74. The third-order valence-corrected chi connectivity index (χ3v) is 4.14. The molecule has 0 fully saturated rings. The number of ether oxygens (including phenoxy) is 2. The van der Waals surface area contributed by atoms with Crippen molar-refractivity contribution in [2.75, 3.05) is 12.4 Å². The highest BCUT2D eigenvalue weighted by Gasteiger charge is 2.09. The van der Waals surface area contributed by atoms with Crippen LogP contribution in [0.5, 0.6) is 17.4 Å². The van der Waals surface area contributed by atoms with Gasteiger partial charge in [0, 0.05) is 41.7 Å². The molecule has 0 aliphatic heterocycles. The number of rotatable bonds is 7. The number of nitrogens with zero attached hydrogens (tertiary/aromatic N) is 1. The zero-order valence-electron chi connectivity index (χ0n) is 14.8. The van der Waals surface area contributed by atoms with Gasteiger partial charge in [-0.2, -0.15) is 0 Å². The highest BCUT2D eigenvalue weighted by molar-refractivity contribution is 6.31. The molecule has 1 heterocycles. The average Bonchev–Trinajstić information content (AvgIpc) is 2.67. The Morgan fingerprint density at radius 3 is 2.62 bits per heavy atom. The number of hydrogen-bond acceptors (Lipinski definition) is 4. The van der Waals surface area contributed by atoms with E-state index in [1.807, 2.05) is 55.6 Å². The standard InChI is InChI=1S/C21H21ClN2O2/c1-3-16-13-24-21(25-14-15-7-5-4-6-8-15)12-20(16)26-19-10-17(22)9-18(11-19)23-2/h4-13,23H,3,14H2,1-2H3. The Bertz CT molecular complexity index is 869. The second-order valence-electron chi connectivity index (χ2n) is 5.79. The first-order valence-corrected chi connectivity index (χ1v) is 8.87. The maximum Gasteiger partial charge on any atom is 0.217 e. The third kappa shape index (κ3) is 4.67. The van der Waals surface area contributed by atoms with E-state index in [4.69, 9.17) is 21.1 Å². The lowest BCUT2D eigenvalue weighted by atomic mass is 10.2. The number of halogens is 1. The molecular formula is C21H21ClN2O2. The fraction of sp³-hybridized carbons (Fsp3) is 0.190. The maximum atomic E-state index is 6.16. The Balaban J connectivity index is 1.80. The van der Waals surface area contributed by atoms with E-state index in [9.17, 15) is 0 Å². The summed E-state index contributed by atoms with van der Waals surface area (Å²) in [6.45, 7) is 2.52. The van der Waals surface area contributed by atoms with Gasteiger partial charge in [-0.15, -0.1) is 0 Å². The zero-order valence-corrected chi connectivity index (χ0v) is 15.6. The van der Waals surface area contributed by atoms with Gasteiger partial charge in [-0.05, 0) is 24.1 Å². The quantitative estimate of drug-likeness (QED) is 0.580. The molecule has 1 N–H and O–H groups in total. The summed E-state index contributed by atoms with van der Waals surface area (Å²) in [6.07, 6.45) is 2.60. The lowest BCUT2D eigenvalue weighted by Gasteiger charge is -2.13. The lowest BCUT2D eigenvalue weighted by Crippen LogP contribution is -1.99. The molecule has 26 heavy (non-hydrogen) atoms. The molecule has 1 aromatic heterocycles. The summed E-state index contributed by atoms with van der Waals surface area (Å²) in [5, 5.41) is 3.68. The molecule has 0 radical (unpaired) electrons. The molecule has 4 nitrogen and oxygen atoms in total. The molecule has 134 valence electrons.